The van der Waals surface area contributed by atoms with Gasteiger partial charge in [-0.25, -0.2) is 13.6 Å². The third-order valence-electron chi connectivity index (χ3n) is 2.60. The van der Waals surface area contributed by atoms with Crippen molar-refractivity contribution in [3.8, 4) is 0 Å². The van der Waals surface area contributed by atoms with Gasteiger partial charge in [0.25, 0.3) is 0 Å². The second-order valence-corrected chi connectivity index (χ2v) is 5.71. The van der Waals surface area contributed by atoms with Crippen LogP contribution in [0.2, 0.25) is 0 Å². The zero-order valence-corrected chi connectivity index (χ0v) is 11.2. The number of primary sulfonamides is 1. The lowest BCUT2D eigenvalue weighted by molar-refractivity contribution is 0.597. The summed E-state index contributed by atoms with van der Waals surface area (Å²) >= 11 is 0. The highest BCUT2D eigenvalue weighted by Crippen LogP contribution is 2.27. The molecule has 0 unspecified atom stereocenters. The Bertz CT molecular complexity index is 497. The number of nitrogen functional groups attached to an aromatic ring is 1. The smallest absolute Gasteiger partial charge is 0.238 e. The SMILES string of the molecule is CCN(c1cc(S(N)(=O)=O)ccc1N)C(C)C. The maximum Gasteiger partial charge on any atom is 0.238 e. The molecule has 4 N–H and O–H groups in total. The Labute approximate surface area is 102 Å². The zero-order chi connectivity index (χ0) is 13.2. The van der Waals surface area contributed by atoms with Crippen LogP contribution >= 0.6 is 0 Å². The van der Waals surface area contributed by atoms with E-state index in [1.54, 1.807) is 6.07 Å². The van der Waals surface area contributed by atoms with E-state index in [1.165, 1.54) is 12.1 Å². The first-order chi connectivity index (χ1) is 7.77. The third kappa shape index (κ3) is 3.10. The minimum atomic E-state index is -3.69. The van der Waals surface area contributed by atoms with E-state index in [9.17, 15) is 8.42 Å². The molecule has 1 aromatic rings. The summed E-state index contributed by atoms with van der Waals surface area (Å²) in [6.45, 7) is 6.78. The highest BCUT2D eigenvalue weighted by atomic mass is 32.2. The number of nitrogens with zero attached hydrogens (tertiary/aromatic N) is 1. The van der Waals surface area contributed by atoms with Gasteiger partial charge in [0.15, 0.2) is 0 Å². The molecule has 0 bridgehead atoms. The van der Waals surface area contributed by atoms with Crippen LogP contribution in [-0.2, 0) is 10.0 Å². The number of nitrogens with two attached hydrogens (primary N) is 2. The van der Waals surface area contributed by atoms with Gasteiger partial charge in [0.05, 0.1) is 16.3 Å². The summed E-state index contributed by atoms with van der Waals surface area (Å²) in [6.07, 6.45) is 0. The Morgan fingerprint density at radius 1 is 1.35 bits per heavy atom. The van der Waals surface area contributed by atoms with E-state index in [0.717, 1.165) is 6.54 Å². The molecule has 0 heterocycles. The van der Waals surface area contributed by atoms with Gasteiger partial charge in [0.2, 0.25) is 10.0 Å². The second-order valence-electron chi connectivity index (χ2n) is 4.15. The highest BCUT2D eigenvalue weighted by molar-refractivity contribution is 7.89. The molecule has 0 saturated carbocycles. The normalized spacial score (nSPS) is 11.8. The highest BCUT2D eigenvalue weighted by Gasteiger charge is 2.15. The van der Waals surface area contributed by atoms with E-state index in [1.807, 2.05) is 25.7 Å². The summed E-state index contributed by atoms with van der Waals surface area (Å²) in [7, 11) is -3.69. The van der Waals surface area contributed by atoms with E-state index in [2.05, 4.69) is 0 Å². The van der Waals surface area contributed by atoms with Gasteiger partial charge in [-0.05, 0) is 39.0 Å². The van der Waals surface area contributed by atoms with Crippen LogP contribution in [0, 0.1) is 0 Å². The van der Waals surface area contributed by atoms with Crippen LogP contribution in [0.3, 0.4) is 0 Å². The average molecular weight is 257 g/mol. The van der Waals surface area contributed by atoms with Crippen molar-refractivity contribution < 1.29 is 8.42 Å². The maximum absolute atomic E-state index is 11.3. The van der Waals surface area contributed by atoms with Crippen molar-refractivity contribution in [1.82, 2.24) is 0 Å². The van der Waals surface area contributed by atoms with Gasteiger partial charge in [-0.2, -0.15) is 0 Å². The molecule has 0 aromatic heterocycles. The van der Waals surface area contributed by atoms with Gasteiger partial charge >= 0.3 is 0 Å². The van der Waals surface area contributed by atoms with Gasteiger partial charge in [0, 0.05) is 12.6 Å². The van der Waals surface area contributed by atoms with Crippen LogP contribution in [0.5, 0.6) is 0 Å². The number of hydrogen-bond acceptors (Lipinski definition) is 4. The van der Waals surface area contributed by atoms with Crippen LogP contribution < -0.4 is 15.8 Å². The largest absolute Gasteiger partial charge is 0.397 e. The summed E-state index contributed by atoms with van der Waals surface area (Å²) in [5.41, 5.74) is 7.12. The van der Waals surface area contributed by atoms with Crippen molar-refractivity contribution in [1.29, 1.82) is 0 Å². The molecule has 0 atom stereocenters. The predicted molar refractivity (Wildman–Crippen MR) is 70.4 cm³/mol. The van der Waals surface area contributed by atoms with Gasteiger partial charge < -0.3 is 10.6 Å². The topological polar surface area (TPSA) is 89.4 Å². The Kier molecular flexibility index (Phi) is 4.00. The molecule has 0 aliphatic carbocycles. The van der Waals surface area contributed by atoms with Gasteiger partial charge in [-0.15, -0.1) is 0 Å². The molecule has 96 valence electrons. The first kappa shape index (κ1) is 13.8. The minimum absolute atomic E-state index is 0.0841. The van der Waals surface area contributed by atoms with Crippen molar-refractivity contribution in [3.63, 3.8) is 0 Å². The standard InChI is InChI=1S/C11H19N3O2S/c1-4-14(8(2)3)11-7-9(17(13,15)16)5-6-10(11)12/h5-8H,4,12H2,1-3H3,(H2,13,15,16). The second kappa shape index (κ2) is 4.93. The molecule has 1 aromatic carbocycles. The number of anilines is 2. The Morgan fingerprint density at radius 3 is 2.35 bits per heavy atom. The summed E-state index contributed by atoms with van der Waals surface area (Å²) in [5, 5.41) is 5.11. The predicted octanol–water partition coefficient (Wildman–Crippen LogP) is 1.15. The molecule has 0 radical (unpaired) electrons. The molecule has 1 rings (SSSR count). The van der Waals surface area contributed by atoms with E-state index in [-0.39, 0.29) is 10.9 Å². The van der Waals surface area contributed by atoms with Crippen molar-refractivity contribution in [2.24, 2.45) is 5.14 Å². The van der Waals surface area contributed by atoms with Crippen LogP contribution in [0.25, 0.3) is 0 Å². The van der Waals surface area contributed by atoms with Gasteiger partial charge in [-0.3, -0.25) is 0 Å². The van der Waals surface area contributed by atoms with Crippen LogP contribution in [-0.4, -0.2) is 21.0 Å². The fourth-order valence-electron chi connectivity index (χ4n) is 1.76. The summed E-state index contributed by atoms with van der Waals surface area (Å²) in [5.74, 6) is 0. The van der Waals surface area contributed by atoms with Gasteiger partial charge in [0.1, 0.15) is 0 Å². The number of hydrogen-bond donors (Lipinski definition) is 2. The Hall–Kier alpha value is -1.27. The molecule has 0 aliphatic rings. The molecule has 5 nitrogen and oxygen atoms in total. The fraction of sp³-hybridized carbons (Fsp3) is 0.455. The number of sulfonamides is 1. The van der Waals surface area contributed by atoms with Crippen LogP contribution in [0.1, 0.15) is 20.8 Å². The third-order valence-corrected chi connectivity index (χ3v) is 3.51. The molecule has 0 aliphatic heterocycles. The van der Waals surface area contributed by atoms with Crippen LogP contribution in [0.4, 0.5) is 11.4 Å². The number of benzene rings is 1. The first-order valence-corrected chi connectivity index (χ1v) is 7.01. The van der Waals surface area contributed by atoms with Gasteiger partial charge in [-0.1, -0.05) is 0 Å². The zero-order valence-electron chi connectivity index (χ0n) is 10.3. The van der Waals surface area contributed by atoms with E-state index >= 15 is 0 Å². The summed E-state index contributed by atoms with van der Waals surface area (Å²) in [6, 6.07) is 4.74. The molecule has 0 spiro atoms. The molecule has 6 heteroatoms. The summed E-state index contributed by atoms with van der Waals surface area (Å²) < 4.78 is 22.6. The number of rotatable bonds is 4. The Balaban J connectivity index is 3.33. The minimum Gasteiger partial charge on any atom is -0.397 e. The lowest BCUT2D eigenvalue weighted by Crippen LogP contribution is -2.31. The molecule has 0 fully saturated rings. The Morgan fingerprint density at radius 2 is 1.94 bits per heavy atom. The quantitative estimate of drug-likeness (QED) is 0.792. The fourth-order valence-corrected chi connectivity index (χ4v) is 2.30. The van der Waals surface area contributed by atoms with Crippen molar-refractivity contribution in [2.75, 3.05) is 17.2 Å². The molecule has 0 saturated heterocycles. The van der Waals surface area contributed by atoms with Crippen molar-refractivity contribution in [3.05, 3.63) is 18.2 Å². The molecule has 17 heavy (non-hydrogen) atoms. The van der Waals surface area contributed by atoms with Crippen molar-refractivity contribution >= 4 is 21.4 Å². The maximum atomic E-state index is 11.3. The van der Waals surface area contributed by atoms with Crippen molar-refractivity contribution in [2.45, 2.75) is 31.7 Å². The molecular weight excluding hydrogens is 238 g/mol. The van der Waals surface area contributed by atoms with E-state index < -0.39 is 10.0 Å². The van der Waals surface area contributed by atoms with Crippen LogP contribution in [0.15, 0.2) is 23.1 Å². The molecular formula is C11H19N3O2S. The average Bonchev–Trinajstić information content (AvgIpc) is 2.19. The lowest BCUT2D eigenvalue weighted by atomic mass is 10.2. The van der Waals surface area contributed by atoms with E-state index in [0.29, 0.717) is 11.4 Å². The molecule has 0 amide bonds. The monoisotopic (exact) mass is 257 g/mol. The van der Waals surface area contributed by atoms with E-state index in [4.69, 9.17) is 10.9 Å². The summed E-state index contributed by atoms with van der Waals surface area (Å²) in [4.78, 5) is 2.10. The lowest BCUT2D eigenvalue weighted by Gasteiger charge is -2.29. The first-order valence-electron chi connectivity index (χ1n) is 5.46.